The Kier molecular flexibility index (Phi) is 5.05. The van der Waals surface area contributed by atoms with Crippen molar-refractivity contribution in [1.29, 1.82) is 0 Å². The molecule has 0 aliphatic heterocycles. The summed E-state index contributed by atoms with van der Waals surface area (Å²) < 4.78 is 6.07. The molecule has 2 rings (SSSR count). The number of nitro groups is 1. The van der Waals surface area contributed by atoms with Gasteiger partial charge in [-0.1, -0.05) is 29.3 Å². The number of aliphatic hydroxyl groups is 1. The summed E-state index contributed by atoms with van der Waals surface area (Å²) in [4.78, 5) is 10.5. The van der Waals surface area contributed by atoms with E-state index in [1.54, 1.807) is 0 Å². The van der Waals surface area contributed by atoms with Gasteiger partial charge in [-0.25, -0.2) is 0 Å². The number of rotatable bonds is 4. The molecule has 1 N–H and O–H groups in total. The summed E-state index contributed by atoms with van der Waals surface area (Å²) >= 11 is 15.2. The molecule has 21 heavy (non-hydrogen) atoms. The lowest BCUT2D eigenvalue weighted by atomic mass is 10.2. The maximum Gasteiger partial charge on any atom is 0.311 e. The van der Waals surface area contributed by atoms with Gasteiger partial charge in [0.25, 0.3) is 0 Å². The maximum absolute atomic E-state index is 11.1. The number of halogens is 3. The molecule has 0 bridgehead atoms. The Balaban J connectivity index is 2.44. The summed E-state index contributed by atoms with van der Waals surface area (Å²) in [6.07, 6.45) is 0. The first-order valence-corrected chi connectivity index (χ1v) is 7.18. The minimum atomic E-state index is -0.594. The van der Waals surface area contributed by atoms with E-state index < -0.39 is 4.92 Å². The molecule has 0 aromatic heterocycles. The molecule has 0 unspecified atom stereocenters. The summed E-state index contributed by atoms with van der Waals surface area (Å²) in [5, 5.41) is 20.7. The van der Waals surface area contributed by atoms with Gasteiger partial charge in [0.15, 0.2) is 0 Å². The van der Waals surface area contributed by atoms with Gasteiger partial charge in [0.05, 0.1) is 21.6 Å². The second-order valence-electron chi connectivity index (χ2n) is 4.02. The van der Waals surface area contributed by atoms with Gasteiger partial charge in [-0.2, -0.15) is 0 Å². The minimum absolute atomic E-state index is 0.0116. The van der Waals surface area contributed by atoms with Crippen LogP contribution >= 0.6 is 39.1 Å². The second-order valence-corrected chi connectivity index (χ2v) is 5.68. The second kappa shape index (κ2) is 6.62. The van der Waals surface area contributed by atoms with Gasteiger partial charge in [0.2, 0.25) is 5.75 Å². The molecule has 0 heterocycles. The number of hydrogen-bond acceptors (Lipinski definition) is 4. The molecule has 110 valence electrons. The average molecular weight is 393 g/mol. The van der Waals surface area contributed by atoms with Crippen LogP contribution in [0.25, 0.3) is 0 Å². The summed E-state index contributed by atoms with van der Waals surface area (Å²) in [6, 6.07) is 7.15. The predicted molar refractivity (Wildman–Crippen MR) is 83.3 cm³/mol. The maximum atomic E-state index is 11.1. The van der Waals surface area contributed by atoms with Gasteiger partial charge in [-0.15, -0.1) is 0 Å². The lowest BCUT2D eigenvalue weighted by molar-refractivity contribution is -0.385. The normalized spacial score (nSPS) is 10.5. The number of nitro benzene ring substituents is 1. The van der Waals surface area contributed by atoms with Crippen LogP contribution in [0.1, 0.15) is 5.56 Å². The van der Waals surface area contributed by atoms with Crippen LogP contribution in [0.4, 0.5) is 5.69 Å². The quantitative estimate of drug-likeness (QED) is 0.454. The van der Waals surface area contributed by atoms with E-state index >= 15 is 0 Å². The van der Waals surface area contributed by atoms with Gasteiger partial charge < -0.3 is 9.84 Å². The predicted octanol–water partition coefficient (Wildman–Crippen LogP) is 4.95. The van der Waals surface area contributed by atoms with E-state index in [0.717, 1.165) is 0 Å². The third kappa shape index (κ3) is 3.65. The standard InChI is InChI=1S/C13H8BrCl2NO4/c14-8-4-10(16)13(5-9(8)15)21-12-2-1-7(6-18)3-11(12)17(19)20/h1-5,18H,6H2. The highest BCUT2D eigenvalue weighted by Gasteiger charge is 2.18. The van der Waals surface area contributed by atoms with E-state index in [1.807, 2.05) is 0 Å². The summed E-state index contributed by atoms with van der Waals surface area (Å²) in [7, 11) is 0. The molecule has 0 spiro atoms. The van der Waals surface area contributed by atoms with Crippen LogP contribution in [0.15, 0.2) is 34.8 Å². The number of nitrogens with zero attached hydrogens (tertiary/aromatic N) is 1. The SMILES string of the molecule is O=[N+]([O-])c1cc(CO)ccc1Oc1cc(Cl)c(Br)cc1Cl. The van der Waals surface area contributed by atoms with Crippen LogP contribution in [0.5, 0.6) is 11.5 Å². The van der Waals surface area contributed by atoms with Gasteiger partial charge in [0, 0.05) is 16.6 Å². The van der Waals surface area contributed by atoms with Crippen LogP contribution in [-0.2, 0) is 6.61 Å². The molecular formula is C13H8BrCl2NO4. The van der Waals surface area contributed by atoms with Crippen LogP contribution in [-0.4, -0.2) is 10.0 Å². The van der Waals surface area contributed by atoms with Crippen molar-refractivity contribution in [2.75, 3.05) is 0 Å². The highest BCUT2D eigenvalue weighted by molar-refractivity contribution is 9.10. The molecule has 0 radical (unpaired) electrons. The molecule has 5 nitrogen and oxygen atoms in total. The zero-order valence-electron chi connectivity index (χ0n) is 10.3. The van der Waals surface area contributed by atoms with Gasteiger partial charge in [-0.05, 0) is 33.6 Å². The fraction of sp³-hybridized carbons (Fsp3) is 0.0769. The Morgan fingerprint density at radius 3 is 2.52 bits per heavy atom. The third-order valence-electron chi connectivity index (χ3n) is 2.60. The lowest BCUT2D eigenvalue weighted by Crippen LogP contribution is -1.96. The first kappa shape index (κ1) is 16.0. The van der Waals surface area contributed by atoms with Gasteiger partial charge in [-0.3, -0.25) is 10.1 Å². The zero-order valence-corrected chi connectivity index (χ0v) is 13.4. The van der Waals surface area contributed by atoms with Crippen molar-refractivity contribution in [2.45, 2.75) is 6.61 Å². The summed E-state index contributed by atoms with van der Waals surface area (Å²) in [5.74, 6) is 0.210. The average Bonchev–Trinajstić information content (AvgIpc) is 2.44. The van der Waals surface area contributed by atoms with E-state index in [9.17, 15) is 10.1 Å². The summed E-state index contributed by atoms with van der Waals surface area (Å²) in [5.41, 5.74) is 0.144. The van der Waals surface area contributed by atoms with E-state index in [2.05, 4.69) is 15.9 Å². The number of benzene rings is 2. The molecule has 0 saturated heterocycles. The van der Waals surface area contributed by atoms with Crippen molar-refractivity contribution in [3.05, 3.63) is 60.5 Å². The largest absolute Gasteiger partial charge is 0.449 e. The van der Waals surface area contributed by atoms with E-state index in [-0.39, 0.29) is 28.8 Å². The Hall–Kier alpha value is -1.34. The number of aliphatic hydroxyl groups excluding tert-OH is 1. The van der Waals surface area contributed by atoms with E-state index in [0.29, 0.717) is 15.1 Å². The van der Waals surface area contributed by atoms with Crippen molar-refractivity contribution >= 4 is 44.8 Å². The Morgan fingerprint density at radius 1 is 1.19 bits per heavy atom. The molecule has 8 heteroatoms. The van der Waals surface area contributed by atoms with Gasteiger partial charge >= 0.3 is 5.69 Å². The van der Waals surface area contributed by atoms with Crippen LogP contribution < -0.4 is 4.74 Å². The molecule has 0 aliphatic rings. The molecular weight excluding hydrogens is 385 g/mol. The molecule has 0 aliphatic carbocycles. The molecule has 0 saturated carbocycles. The first-order valence-electron chi connectivity index (χ1n) is 5.63. The highest BCUT2D eigenvalue weighted by atomic mass is 79.9. The fourth-order valence-electron chi connectivity index (χ4n) is 1.59. The third-order valence-corrected chi connectivity index (χ3v) is 4.09. The first-order chi connectivity index (χ1) is 9.92. The van der Waals surface area contributed by atoms with Crippen LogP contribution in [0.3, 0.4) is 0 Å². The molecule has 0 fully saturated rings. The monoisotopic (exact) mass is 391 g/mol. The Bertz CT molecular complexity index is 709. The molecule has 2 aromatic rings. The fourth-order valence-corrected chi connectivity index (χ4v) is 2.42. The van der Waals surface area contributed by atoms with E-state index in [1.165, 1.54) is 30.3 Å². The lowest BCUT2D eigenvalue weighted by Gasteiger charge is -2.10. The molecule has 0 amide bonds. The van der Waals surface area contributed by atoms with Gasteiger partial charge in [0.1, 0.15) is 5.75 Å². The highest BCUT2D eigenvalue weighted by Crippen LogP contribution is 2.39. The Morgan fingerprint density at radius 2 is 1.90 bits per heavy atom. The molecule has 0 atom stereocenters. The zero-order chi connectivity index (χ0) is 15.6. The van der Waals surface area contributed by atoms with E-state index in [4.69, 9.17) is 33.0 Å². The summed E-state index contributed by atoms with van der Waals surface area (Å²) in [6.45, 7) is -0.300. The van der Waals surface area contributed by atoms with Crippen molar-refractivity contribution < 1.29 is 14.8 Å². The number of hydrogen-bond donors (Lipinski definition) is 1. The van der Waals surface area contributed by atoms with Crippen molar-refractivity contribution in [3.8, 4) is 11.5 Å². The smallest absolute Gasteiger partial charge is 0.311 e. The Labute approximate surface area is 138 Å². The van der Waals surface area contributed by atoms with Crippen molar-refractivity contribution in [1.82, 2.24) is 0 Å². The topological polar surface area (TPSA) is 72.6 Å². The minimum Gasteiger partial charge on any atom is -0.449 e. The number of ether oxygens (including phenoxy) is 1. The molecule has 2 aromatic carbocycles. The van der Waals surface area contributed by atoms with Crippen LogP contribution in [0.2, 0.25) is 10.0 Å². The van der Waals surface area contributed by atoms with Crippen LogP contribution in [0, 0.1) is 10.1 Å². The van der Waals surface area contributed by atoms with Crippen molar-refractivity contribution in [2.24, 2.45) is 0 Å². The van der Waals surface area contributed by atoms with Crippen molar-refractivity contribution in [3.63, 3.8) is 0 Å².